The summed E-state index contributed by atoms with van der Waals surface area (Å²) in [5.74, 6) is 6.56. The maximum atomic E-state index is 12.3. The average molecular weight is 292 g/mol. The van der Waals surface area contributed by atoms with Crippen LogP contribution in [0.5, 0.6) is 5.75 Å². The van der Waals surface area contributed by atoms with Gasteiger partial charge in [-0.2, -0.15) is 0 Å². The van der Waals surface area contributed by atoms with Gasteiger partial charge in [0.2, 0.25) is 18.3 Å². The molecule has 1 fully saturated rings. The molecule has 1 aromatic heterocycles. The number of aliphatic hydroxyl groups excluding tert-OH is 1. The van der Waals surface area contributed by atoms with Gasteiger partial charge < -0.3 is 14.7 Å². The molecule has 0 aliphatic carbocycles. The Morgan fingerprint density at radius 1 is 1.48 bits per heavy atom. The van der Waals surface area contributed by atoms with Gasteiger partial charge in [0.25, 0.3) is 0 Å². The number of fused-ring (bicyclic) bond motifs is 1. The fraction of sp³-hybridized carbons (Fsp3) is 0.600. The van der Waals surface area contributed by atoms with E-state index in [2.05, 4.69) is 0 Å². The lowest BCUT2D eigenvalue weighted by Crippen LogP contribution is -2.56. The summed E-state index contributed by atoms with van der Waals surface area (Å²) in [7, 11) is 0. The third kappa shape index (κ3) is 2.33. The number of aliphatic hydroxyl groups is 1. The number of nitrogen functional groups attached to an aromatic ring is 1. The molecule has 2 unspecified atom stereocenters. The summed E-state index contributed by atoms with van der Waals surface area (Å²) in [6, 6.07) is 1.37. The highest BCUT2D eigenvalue weighted by Gasteiger charge is 2.48. The Bertz CT molecular complexity index is 573. The van der Waals surface area contributed by atoms with E-state index in [1.807, 2.05) is 13.8 Å². The van der Waals surface area contributed by atoms with E-state index < -0.39 is 17.7 Å². The van der Waals surface area contributed by atoms with Crippen molar-refractivity contribution in [3.05, 3.63) is 24.0 Å². The van der Waals surface area contributed by atoms with Crippen LogP contribution in [0.3, 0.4) is 0 Å². The van der Waals surface area contributed by atoms with Crippen LogP contribution in [0.15, 0.2) is 18.5 Å². The predicted molar refractivity (Wildman–Crippen MR) is 75.8 cm³/mol. The van der Waals surface area contributed by atoms with Crippen LogP contribution in [0.25, 0.3) is 0 Å². The second-order valence-electron chi connectivity index (χ2n) is 6.35. The first kappa shape index (κ1) is 14.1. The fourth-order valence-corrected chi connectivity index (χ4v) is 3.19. The number of pyridine rings is 1. The highest BCUT2D eigenvalue weighted by Crippen LogP contribution is 2.42. The first-order valence-electron chi connectivity index (χ1n) is 7.37. The Hall–Kier alpha value is -1.82. The number of piperidine rings is 1. The molecule has 21 heavy (non-hydrogen) atoms. The van der Waals surface area contributed by atoms with Crippen LogP contribution in [0.1, 0.15) is 44.7 Å². The molecule has 0 aromatic carbocycles. The van der Waals surface area contributed by atoms with E-state index in [-0.39, 0.29) is 5.91 Å². The van der Waals surface area contributed by atoms with Crippen LogP contribution >= 0.6 is 0 Å². The summed E-state index contributed by atoms with van der Waals surface area (Å²) >= 11 is 0. The number of nitrogens with two attached hydrogens (primary N) is 1. The largest absolute Gasteiger partial charge is 0.484 e. The Balaban J connectivity index is 2.08. The minimum absolute atomic E-state index is 0.0846. The third-order valence-corrected chi connectivity index (χ3v) is 4.37. The van der Waals surface area contributed by atoms with E-state index in [0.717, 1.165) is 18.4 Å². The van der Waals surface area contributed by atoms with Crippen LogP contribution in [0.2, 0.25) is 0 Å². The van der Waals surface area contributed by atoms with Gasteiger partial charge in [0.05, 0.1) is 11.6 Å². The molecule has 2 aliphatic heterocycles. The van der Waals surface area contributed by atoms with Crippen molar-refractivity contribution >= 4 is 5.91 Å². The molecule has 3 rings (SSSR count). The summed E-state index contributed by atoms with van der Waals surface area (Å²) in [5, 5.41) is 10.7. The zero-order valence-electron chi connectivity index (χ0n) is 12.5. The molecule has 114 valence electrons. The number of carbonyl (C=O) groups excluding carboxylic acids is 1. The SMILES string of the molecule is CC1(C)Oc2cc[n+](N)cc2C(N2CCCCC2=O)C1O. The Kier molecular flexibility index (Phi) is 3.28. The molecule has 2 atom stereocenters. The van der Waals surface area contributed by atoms with E-state index in [1.54, 1.807) is 23.4 Å². The Labute approximate surface area is 124 Å². The monoisotopic (exact) mass is 292 g/mol. The summed E-state index contributed by atoms with van der Waals surface area (Å²) in [6.07, 6.45) is 5.03. The van der Waals surface area contributed by atoms with E-state index in [4.69, 9.17) is 10.6 Å². The summed E-state index contributed by atoms with van der Waals surface area (Å²) in [6.45, 7) is 4.34. The molecule has 6 heteroatoms. The molecule has 0 saturated carbocycles. The summed E-state index contributed by atoms with van der Waals surface area (Å²) in [4.78, 5) is 14.1. The van der Waals surface area contributed by atoms with Gasteiger partial charge in [0, 0.05) is 19.0 Å². The second kappa shape index (κ2) is 4.87. The first-order chi connectivity index (χ1) is 9.90. The number of rotatable bonds is 1. The number of amides is 1. The van der Waals surface area contributed by atoms with E-state index >= 15 is 0 Å². The summed E-state index contributed by atoms with van der Waals surface area (Å²) in [5.41, 5.74) is 0.0120. The normalized spacial score (nSPS) is 28.0. The number of ether oxygens (including phenoxy) is 1. The molecular formula is C15H22N3O3+. The Morgan fingerprint density at radius 2 is 2.24 bits per heavy atom. The van der Waals surface area contributed by atoms with Gasteiger partial charge in [0.1, 0.15) is 17.5 Å². The van der Waals surface area contributed by atoms with Crippen LogP contribution < -0.4 is 15.3 Å². The second-order valence-corrected chi connectivity index (χ2v) is 6.35. The topological polar surface area (TPSA) is 79.7 Å². The number of nitrogens with zero attached hydrogens (tertiary/aromatic N) is 2. The molecule has 1 amide bonds. The van der Waals surface area contributed by atoms with E-state index in [1.165, 1.54) is 4.68 Å². The highest BCUT2D eigenvalue weighted by atomic mass is 16.5. The Morgan fingerprint density at radius 3 is 2.95 bits per heavy atom. The lowest BCUT2D eigenvalue weighted by atomic mass is 9.85. The molecule has 0 radical (unpaired) electrons. The van der Waals surface area contributed by atoms with Crippen molar-refractivity contribution in [1.29, 1.82) is 0 Å². The van der Waals surface area contributed by atoms with Crippen molar-refractivity contribution in [3.63, 3.8) is 0 Å². The zero-order chi connectivity index (χ0) is 15.2. The number of carbonyl (C=O) groups is 1. The molecule has 3 heterocycles. The van der Waals surface area contributed by atoms with Gasteiger partial charge in [-0.15, -0.1) is 0 Å². The predicted octanol–water partition coefficient (Wildman–Crippen LogP) is 0.273. The van der Waals surface area contributed by atoms with Gasteiger partial charge >= 0.3 is 0 Å². The van der Waals surface area contributed by atoms with Gasteiger partial charge in [-0.25, -0.2) is 5.84 Å². The minimum Gasteiger partial charge on any atom is -0.484 e. The van der Waals surface area contributed by atoms with Gasteiger partial charge in [0.15, 0.2) is 0 Å². The van der Waals surface area contributed by atoms with Crippen LogP contribution in [-0.4, -0.2) is 34.2 Å². The fourth-order valence-electron chi connectivity index (χ4n) is 3.19. The quantitative estimate of drug-likeness (QED) is 0.575. The number of hydrogen-bond donors (Lipinski definition) is 2. The van der Waals surface area contributed by atoms with Gasteiger partial charge in [-0.1, -0.05) is 4.68 Å². The molecule has 1 aromatic rings. The standard InChI is InChI=1S/C15H22N3O3/c1-15(2)14(20)13(18-7-4-3-5-12(18)19)10-9-17(16)8-6-11(10)21-15/h6,8-9,13-14,20H,3-5,7,16H2,1-2H3/q+1. The van der Waals surface area contributed by atoms with Crippen LogP contribution in [0.4, 0.5) is 0 Å². The first-order valence-corrected chi connectivity index (χ1v) is 7.37. The maximum Gasteiger partial charge on any atom is 0.223 e. The smallest absolute Gasteiger partial charge is 0.223 e. The van der Waals surface area contributed by atoms with Crippen molar-refractivity contribution in [2.45, 2.75) is 50.9 Å². The summed E-state index contributed by atoms with van der Waals surface area (Å²) < 4.78 is 7.31. The van der Waals surface area contributed by atoms with E-state index in [9.17, 15) is 9.90 Å². The zero-order valence-corrected chi connectivity index (χ0v) is 12.5. The van der Waals surface area contributed by atoms with Gasteiger partial charge in [-0.3, -0.25) is 4.79 Å². The lowest BCUT2D eigenvalue weighted by molar-refractivity contribution is -0.639. The molecular weight excluding hydrogens is 270 g/mol. The highest BCUT2D eigenvalue weighted by molar-refractivity contribution is 5.77. The molecule has 0 bridgehead atoms. The third-order valence-electron chi connectivity index (χ3n) is 4.37. The van der Waals surface area contributed by atoms with Gasteiger partial charge in [-0.05, 0) is 26.7 Å². The molecule has 3 N–H and O–H groups in total. The number of likely N-dealkylation sites (tertiary alicyclic amines) is 1. The lowest BCUT2D eigenvalue weighted by Gasteiger charge is -2.46. The van der Waals surface area contributed by atoms with E-state index in [0.29, 0.717) is 18.7 Å². The number of hydrogen-bond acceptors (Lipinski definition) is 4. The van der Waals surface area contributed by atoms with Crippen molar-refractivity contribution in [1.82, 2.24) is 4.90 Å². The average Bonchev–Trinajstić information content (AvgIpc) is 2.42. The van der Waals surface area contributed by atoms with Crippen molar-refractivity contribution < 1.29 is 19.3 Å². The van der Waals surface area contributed by atoms with Crippen LogP contribution in [-0.2, 0) is 4.79 Å². The maximum absolute atomic E-state index is 12.3. The van der Waals surface area contributed by atoms with Crippen molar-refractivity contribution in [2.24, 2.45) is 0 Å². The van der Waals surface area contributed by atoms with Crippen molar-refractivity contribution in [2.75, 3.05) is 12.4 Å². The minimum atomic E-state index is -0.797. The molecule has 6 nitrogen and oxygen atoms in total. The molecule has 0 spiro atoms. The van der Waals surface area contributed by atoms with Crippen molar-refractivity contribution in [3.8, 4) is 5.75 Å². The van der Waals surface area contributed by atoms with Crippen LogP contribution in [0, 0.1) is 0 Å². The molecule has 2 aliphatic rings. The molecule has 1 saturated heterocycles. The number of aromatic nitrogens is 1.